The molecule has 0 spiro atoms. The molecule has 0 amide bonds. The lowest BCUT2D eigenvalue weighted by Crippen LogP contribution is -2.43. The number of anilines is 1. The van der Waals surface area contributed by atoms with Gasteiger partial charge in [0.05, 0.1) is 12.8 Å². The highest BCUT2D eigenvalue weighted by molar-refractivity contribution is 5.96. The van der Waals surface area contributed by atoms with Crippen LogP contribution in [0.25, 0.3) is 0 Å². The molecule has 0 aliphatic carbocycles. The van der Waals surface area contributed by atoms with Gasteiger partial charge in [0.2, 0.25) is 5.96 Å². The van der Waals surface area contributed by atoms with Gasteiger partial charge in [0.1, 0.15) is 5.75 Å². The van der Waals surface area contributed by atoms with Crippen LogP contribution in [0.2, 0.25) is 0 Å². The Hall–Kier alpha value is -1.75. The number of rotatable bonds is 4. The molecule has 0 fully saturated rings. The van der Waals surface area contributed by atoms with Crippen LogP contribution in [-0.4, -0.2) is 26.7 Å². The number of nitrogens with two attached hydrogens (primary N) is 1. The molecular weight excluding hydrogens is 228 g/mol. The lowest BCUT2D eigenvalue weighted by atomic mass is 10.2. The van der Waals surface area contributed by atoms with Crippen LogP contribution < -0.4 is 20.9 Å². The number of para-hydroxylation sites is 2. The van der Waals surface area contributed by atoms with Crippen molar-refractivity contribution in [2.75, 3.05) is 25.6 Å². The highest BCUT2D eigenvalue weighted by atomic mass is 16.5. The molecule has 0 bridgehead atoms. The molecule has 0 radical (unpaired) electrons. The highest BCUT2D eigenvalue weighted by Gasteiger charge is 2.12. The quantitative estimate of drug-likeness (QED) is 0.369. The monoisotopic (exact) mass is 250 g/mol. The summed E-state index contributed by atoms with van der Waals surface area (Å²) in [5.74, 6) is 7.41. The third-order valence-electron chi connectivity index (χ3n) is 2.50. The van der Waals surface area contributed by atoms with Crippen molar-refractivity contribution >= 4 is 11.6 Å². The molecule has 100 valence electrons. The molecule has 0 saturated heterocycles. The summed E-state index contributed by atoms with van der Waals surface area (Å²) in [6.45, 7) is 4.94. The summed E-state index contributed by atoms with van der Waals surface area (Å²) in [6.07, 6.45) is 0. The van der Waals surface area contributed by atoms with Crippen LogP contribution in [0.1, 0.15) is 13.8 Å². The molecule has 0 heterocycles. The zero-order valence-corrected chi connectivity index (χ0v) is 11.5. The van der Waals surface area contributed by atoms with Gasteiger partial charge >= 0.3 is 0 Å². The Morgan fingerprint density at radius 2 is 2.11 bits per heavy atom. The summed E-state index contributed by atoms with van der Waals surface area (Å²) in [4.78, 5) is 6.32. The van der Waals surface area contributed by atoms with Crippen molar-refractivity contribution in [3.63, 3.8) is 0 Å². The first-order valence-electron chi connectivity index (χ1n) is 5.98. The second-order valence-electron chi connectivity index (χ2n) is 4.43. The van der Waals surface area contributed by atoms with Crippen molar-refractivity contribution in [2.24, 2.45) is 16.8 Å². The van der Waals surface area contributed by atoms with Crippen LogP contribution in [0.15, 0.2) is 29.3 Å². The molecule has 18 heavy (non-hydrogen) atoms. The van der Waals surface area contributed by atoms with Crippen molar-refractivity contribution < 1.29 is 4.74 Å². The summed E-state index contributed by atoms with van der Waals surface area (Å²) >= 11 is 0. The standard InChI is InChI=1S/C13H22N4O/c1-10(2)9-15-13(16-14)17(3)11-7-5-6-8-12(11)18-4/h5-8,10H,9,14H2,1-4H3,(H,15,16). The summed E-state index contributed by atoms with van der Waals surface area (Å²) in [5.41, 5.74) is 3.54. The smallest absolute Gasteiger partial charge is 0.212 e. The van der Waals surface area contributed by atoms with Crippen LogP contribution in [0.5, 0.6) is 5.75 Å². The number of benzene rings is 1. The number of ether oxygens (including phenoxy) is 1. The lowest BCUT2D eigenvalue weighted by Gasteiger charge is -2.22. The molecule has 0 aromatic heterocycles. The Balaban J connectivity index is 2.96. The second kappa shape index (κ2) is 6.86. The maximum Gasteiger partial charge on any atom is 0.212 e. The molecule has 1 aromatic rings. The first-order chi connectivity index (χ1) is 8.60. The molecule has 5 nitrogen and oxygen atoms in total. The van der Waals surface area contributed by atoms with E-state index in [0.29, 0.717) is 11.9 Å². The van der Waals surface area contributed by atoms with Gasteiger partial charge in [-0.15, -0.1) is 0 Å². The minimum absolute atomic E-state index is 0.486. The van der Waals surface area contributed by atoms with Gasteiger partial charge in [0.15, 0.2) is 0 Å². The Labute approximate surface area is 109 Å². The summed E-state index contributed by atoms with van der Waals surface area (Å²) < 4.78 is 5.32. The average Bonchev–Trinajstić information content (AvgIpc) is 2.38. The molecule has 0 atom stereocenters. The fraction of sp³-hybridized carbons (Fsp3) is 0.462. The van der Waals surface area contributed by atoms with E-state index in [9.17, 15) is 0 Å². The maximum atomic E-state index is 5.53. The first kappa shape index (κ1) is 14.3. The van der Waals surface area contributed by atoms with E-state index in [4.69, 9.17) is 10.6 Å². The topological polar surface area (TPSA) is 62.9 Å². The fourth-order valence-corrected chi connectivity index (χ4v) is 1.54. The number of methoxy groups -OCH3 is 1. The Bertz CT molecular complexity index is 404. The van der Waals surface area contributed by atoms with Crippen molar-refractivity contribution in [3.8, 4) is 5.75 Å². The first-order valence-corrected chi connectivity index (χ1v) is 5.98. The summed E-state index contributed by atoms with van der Waals surface area (Å²) in [6, 6.07) is 7.74. The van der Waals surface area contributed by atoms with E-state index in [1.807, 2.05) is 36.2 Å². The second-order valence-corrected chi connectivity index (χ2v) is 4.43. The number of nitrogens with one attached hydrogen (secondary N) is 1. The van der Waals surface area contributed by atoms with Gasteiger partial charge in [-0.25, -0.2) is 5.84 Å². The summed E-state index contributed by atoms with van der Waals surface area (Å²) in [7, 11) is 3.55. The van der Waals surface area contributed by atoms with Gasteiger partial charge in [-0.3, -0.25) is 10.4 Å². The van der Waals surface area contributed by atoms with E-state index < -0.39 is 0 Å². The molecule has 0 unspecified atom stereocenters. The SMILES string of the molecule is COc1ccccc1N(C)C(=NCC(C)C)NN. The van der Waals surface area contributed by atoms with Crippen LogP contribution in [0.3, 0.4) is 0 Å². The number of nitrogens with zero attached hydrogens (tertiary/aromatic N) is 2. The van der Waals surface area contributed by atoms with Crippen molar-refractivity contribution in [1.29, 1.82) is 0 Å². The number of hydrazine groups is 1. The summed E-state index contributed by atoms with van der Waals surface area (Å²) in [5, 5.41) is 0. The minimum Gasteiger partial charge on any atom is -0.495 e. The molecule has 0 aliphatic heterocycles. The van der Waals surface area contributed by atoms with E-state index in [-0.39, 0.29) is 0 Å². The van der Waals surface area contributed by atoms with Crippen molar-refractivity contribution in [1.82, 2.24) is 5.43 Å². The lowest BCUT2D eigenvalue weighted by molar-refractivity contribution is 0.416. The number of hydrogen-bond donors (Lipinski definition) is 2. The third kappa shape index (κ3) is 3.63. The van der Waals surface area contributed by atoms with Gasteiger partial charge in [0.25, 0.3) is 0 Å². The highest BCUT2D eigenvalue weighted by Crippen LogP contribution is 2.26. The fourth-order valence-electron chi connectivity index (χ4n) is 1.54. The van der Waals surface area contributed by atoms with Crippen molar-refractivity contribution in [2.45, 2.75) is 13.8 Å². The number of hydrogen-bond acceptors (Lipinski definition) is 3. The van der Waals surface area contributed by atoms with E-state index in [2.05, 4.69) is 24.3 Å². The molecule has 1 rings (SSSR count). The van der Waals surface area contributed by atoms with Gasteiger partial charge in [0, 0.05) is 13.6 Å². The molecule has 1 aromatic carbocycles. The van der Waals surface area contributed by atoms with Crippen LogP contribution in [0, 0.1) is 5.92 Å². The Morgan fingerprint density at radius 1 is 1.44 bits per heavy atom. The van der Waals surface area contributed by atoms with Gasteiger partial charge < -0.3 is 9.64 Å². The third-order valence-corrected chi connectivity index (χ3v) is 2.50. The normalized spacial score (nSPS) is 11.6. The van der Waals surface area contributed by atoms with Gasteiger partial charge in [-0.2, -0.15) is 0 Å². The number of aliphatic imine (C=N–C) groups is 1. The Morgan fingerprint density at radius 3 is 2.67 bits per heavy atom. The Kier molecular flexibility index (Phi) is 5.45. The van der Waals surface area contributed by atoms with E-state index in [0.717, 1.165) is 18.0 Å². The van der Waals surface area contributed by atoms with E-state index in [1.165, 1.54) is 0 Å². The minimum atomic E-state index is 0.486. The zero-order valence-electron chi connectivity index (χ0n) is 11.5. The largest absolute Gasteiger partial charge is 0.495 e. The molecule has 0 aliphatic rings. The molecule has 5 heteroatoms. The van der Waals surface area contributed by atoms with E-state index in [1.54, 1.807) is 7.11 Å². The maximum absolute atomic E-state index is 5.53. The van der Waals surface area contributed by atoms with Crippen LogP contribution in [0.4, 0.5) is 5.69 Å². The van der Waals surface area contributed by atoms with Crippen LogP contribution >= 0.6 is 0 Å². The zero-order chi connectivity index (χ0) is 13.5. The average molecular weight is 250 g/mol. The van der Waals surface area contributed by atoms with Crippen LogP contribution in [-0.2, 0) is 0 Å². The van der Waals surface area contributed by atoms with E-state index >= 15 is 0 Å². The van der Waals surface area contributed by atoms with Gasteiger partial charge in [-0.1, -0.05) is 26.0 Å². The predicted molar refractivity (Wildman–Crippen MR) is 75.9 cm³/mol. The molecular formula is C13H22N4O. The predicted octanol–water partition coefficient (Wildman–Crippen LogP) is 1.61. The molecule has 3 N–H and O–H groups in total. The molecule has 0 saturated carbocycles. The number of guanidine groups is 1. The van der Waals surface area contributed by atoms with Gasteiger partial charge in [-0.05, 0) is 18.1 Å². The van der Waals surface area contributed by atoms with Crippen molar-refractivity contribution in [3.05, 3.63) is 24.3 Å².